The van der Waals surface area contributed by atoms with Gasteiger partial charge in [-0.15, -0.1) is 0 Å². The van der Waals surface area contributed by atoms with Gasteiger partial charge in [0.2, 0.25) is 0 Å². The summed E-state index contributed by atoms with van der Waals surface area (Å²) in [7, 11) is 0. The van der Waals surface area contributed by atoms with Gasteiger partial charge in [-0.25, -0.2) is 0 Å². The Morgan fingerprint density at radius 1 is 1.11 bits per heavy atom. The maximum atomic E-state index is 4.47. The molecule has 2 N–H and O–H groups in total. The molecule has 0 aliphatic carbocycles. The van der Waals surface area contributed by atoms with Crippen molar-refractivity contribution in [2.24, 2.45) is 0 Å². The van der Waals surface area contributed by atoms with Crippen LogP contribution in [0.25, 0.3) is 10.9 Å². The Morgan fingerprint density at radius 3 is 2.79 bits per heavy atom. The molecule has 1 aromatic carbocycles. The van der Waals surface area contributed by atoms with Crippen LogP contribution in [0, 0.1) is 13.8 Å². The largest absolute Gasteiger partial charge is 0.379 e. The molecule has 0 aliphatic rings. The molecule has 0 aliphatic heterocycles. The summed E-state index contributed by atoms with van der Waals surface area (Å²) in [4.78, 5) is 7.76. The number of nitrogens with zero attached hydrogens (tertiary/aromatic N) is 1. The number of aromatic nitrogens is 2. The van der Waals surface area contributed by atoms with E-state index in [9.17, 15) is 0 Å². The number of aryl methyl sites for hydroxylation is 2. The highest BCUT2D eigenvalue weighted by Gasteiger charge is 2.04. The zero-order valence-corrected chi connectivity index (χ0v) is 11.2. The second kappa shape index (κ2) is 4.76. The molecule has 0 spiro atoms. The standard InChI is InChI=1S/C16H17N3/c1-11-7-8-15(12(2)19-11)17-9-13-10-18-16-6-4-3-5-14(13)16/h3-8,10,17-18H,9H2,1-2H3. The van der Waals surface area contributed by atoms with Gasteiger partial charge in [0.15, 0.2) is 0 Å². The van der Waals surface area contributed by atoms with Gasteiger partial charge in [-0.05, 0) is 37.6 Å². The maximum absolute atomic E-state index is 4.47. The van der Waals surface area contributed by atoms with Crippen LogP contribution in [0.15, 0.2) is 42.6 Å². The lowest BCUT2D eigenvalue weighted by Crippen LogP contribution is -2.02. The number of benzene rings is 1. The average Bonchev–Trinajstić information content (AvgIpc) is 2.81. The van der Waals surface area contributed by atoms with Gasteiger partial charge >= 0.3 is 0 Å². The predicted octanol–water partition coefficient (Wildman–Crippen LogP) is 3.79. The monoisotopic (exact) mass is 251 g/mol. The number of fused-ring (bicyclic) bond motifs is 1. The van der Waals surface area contributed by atoms with Crippen molar-refractivity contribution in [3.05, 3.63) is 59.5 Å². The summed E-state index contributed by atoms with van der Waals surface area (Å²) < 4.78 is 0. The SMILES string of the molecule is Cc1ccc(NCc2c[nH]c3ccccc23)c(C)n1. The fourth-order valence-electron chi connectivity index (χ4n) is 2.34. The van der Waals surface area contributed by atoms with Gasteiger partial charge in [-0.2, -0.15) is 0 Å². The Morgan fingerprint density at radius 2 is 1.95 bits per heavy atom. The summed E-state index contributed by atoms with van der Waals surface area (Å²) in [6.45, 7) is 4.84. The fourth-order valence-corrected chi connectivity index (χ4v) is 2.34. The number of hydrogen-bond acceptors (Lipinski definition) is 2. The summed E-state index contributed by atoms with van der Waals surface area (Å²) in [6.07, 6.45) is 2.06. The Hall–Kier alpha value is -2.29. The Labute approximate surface area is 112 Å². The van der Waals surface area contributed by atoms with Crippen molar-refractivity contribution in [2.45, 2.75) is 20.4 Å². The Bertz CT molecular complexity index is 713. The molecule has 0 fully saturated rings. The van der Waals surface area contributed by atoms with Crippen LogP contribution in [0.4, 0.5) is 5.69 Å². The first-order valence-corrected chi connectivity index (χ1v) is 6.47. The lowest BCUT2D eigenvalue weighted by molar-refractivity contribution is 1.08. The number of hydrogen-bond donors (Lipinski definition) is 2. The van der Waals surface area contributed by atoms with E-state index in [-0.39, 0.29) is 0 Å². The normalized spacial score (nSPS) is 10.8. The highest BCUT2D eigenvalue weighted by Crippen LogP contribution is 2.20. The zero-order valence-electron chi connectivity index (χ0n) is 11.2. The van der Waals surface area contributed by atoms with Crippen molar-refractivity contribution in [3.8, 4) is 0 Å². The van der Waals surface area contributed by atoms with E-state index in [4.69, 9.17) is 0 Å². The third-order valence-corrected chi connectivity index (χ3v) is 3.37. The summed E-state index contributed by atoms with van der Waals surface area (Å²) >= 11 is 0. The number of anilines is 1. The topological polar surface area (TPSA) is 40.7 Å². The van der Waals surface area contributed by atoms with Crippen LogP contribution in [0.1, 0.15) is 17.0 Å². The first-order valence-electron chi connectivity index (χ1n) is 6.47. The lowest BCUT2D eigenvalue weighted by Gasteiger charge is -2.09. The maximum Gasteiger partial charge on any atom is 0.0606 e. The molecule has 3 nitrogen and oxygen atoms in total. The van der Waals surface area contributed by atoms with Crippen LogP contribution >= 0.6 is 0 Å². The molecule has 19 heavy (non-hydrogen) atoms. The molecule has 0 bridgehead atoms. The molecular weight excluding hydrogens is 234 g/mol. The third-order valence-electron chi connectivity index (χ3n) is 3.37. The second-order valence-electron chi connectivity index (χ2n) is 4.80. The number of aromatic amines is 1. The molecule has 3 aromatic rings. The number of rotatable bonds is 3. The summed E-state index contributed by atoms with van der Waals surface area (Å²) in [5.74, 6) is 0. The van der Waals surface area contributed by atoms with Crippen LogP contribution in [-0.2, 0) is 6.54 Å². The van der Waals surface area contributed by atoms with E-state index in [2.05, 4.69) is 45.7 Å². The zero-order chi connectivity index (χ0) is 13.2. The Balaban J connectivity index is 1.82. The van der Waals surface area contributed by atoms with Crippen molar-refractivity contribution in [1.82, 2.24) is 9.97 Å². The van der Waals surface area contributed by atoms with Gasteiger partial charge in [0.1, 0.15) is 0 Å². The molecule has 0 unspecified atom stereocenters. The van der Waals surface area contributed by atoms with Crippen LogP contribution in [-0.4, -0.2) is 9.97 Å². The fraction of sp³-hybridized carbons (Fsp3) is 0.188. The number of pyridine rings is 1. The van der Waals surface area contributed by atoms with E-state index in [1.165, 1.54) is 16.5 Å². The van der Waals surface area contributed by atoms with Gasteiger partial charge in [0, 0.05) is 29.3 Å². The summed E-state index contributed by atoms with van der Waals surface area (Å²) in [6, 6.07) is 12.5. The minimum atomic E-state index is 0.801. The molecule has 2 heterocycles. The van der Waals surface area contributed by atoms with Crippen LogP contribution in [0.2, 0.25) is 0 Å². The molecule has 96 valence electrons. The van der Waals surface area contributed by atoms with E-state index < -0.39 is 0 Å². The molecule has 3 heteroatoms. The Kier molecular flexibility index (Phi) is 2.95. The van der Waals surface area contributed by atoms with E-state index in [1.807, 2.05) is 26.0 Å². The highest BCUT2D eigenvalue weighted by atomic mass is 14.9. The van der Waals surface area contributed by atoms with Crippen molar-refractivity contribution in [3.63, 3.8) is 0 Å². The van der Waals surface area contributed by atoms with E-state index in [0.717, 1.165) is 23.6 Å². The van der Waals surface area contributed by atoms with Gasteiger partial charge in [0.05, 0.1) is 11.4 Å². The minimum Gasteiger partial charge on any atom is -0.379 e. The number of nitrogens with one attached hydrogen (secondary N) is 2. The van der Waals surface area contributed by atoms with Crippen LogP contribution in [0.5, 0.6) is 0 Å². The third kappa shape index (κ3) is 2.32. The van der Waals surface area contributed by atoms with Crippen molar-refractivity contribution in [1.29, 1.82) is 0 Å². The highest BCUT2D eigenvalue weighted by molar-refractivity contribution is 5.83. The first kappa shape index (κ1) is 11.8. The van der Waals surface area contributed by atoms with E-state index >= 15 is 0 Å². The van der Waals surface area contributed by atoms with E-state index in [1.54, 1.807) is 0 Å². The summed E-state index contributed by atoms with van der Waals surface area (Å²) in [5.41, 5.74) is 5.64. The smallest absolute Gasteiger partial charge is 0.0606 e. The number of para-hydroxylation sites is 1. The van der Waals surface area contributed by atoms with Crippen molar-refractivity contribution in [2.75, 3.05) is 5.32 Å². The number of H-pyrrole nitrogens is 1. The molecular formula is C16H17N3. The first-order chi connectivity index (χ1) is 9.24. The molecule has 3 rings (SSSR count). The van der Waals surface area contributed by atoms with Gasteiger partial charge < -0.3 is 10.3 Å². The molecule has 0 atom stereocenters. The predicted molar refractivity (Wildman–Crippen MR) is 79.3 cm³/mol. The second-order valence-corrected chi connectivity index (χ2v) is 4.80. The minimum absolute atomic E-state index is 0.801. The van der Waals surface area contributed by atoms with Crippen LogP contribution in [0.3, 0.4) is 0 Å². The summed E-state index contributed by atoms with van der Waals surface area (Å²) in [5, 5.41) is 4.72. The van der Waals surface area contributed by atoms with Crippen molar-refractivity contribution >= 4 is 16.6 Å². The molecule has 0 radical (unpaired) electrons. The van der Waals surface area contributed by atoms with E-state index in [0.29, 0.717) is 0 Å². The lowest BCUT2D eigenvalue weighted by atomic mass is 10.1. The van der Waals surface area contributed by atoms with Gasteiger partial charge in [0.25, 0.3) is 0 Å². The molecule has 0 saturated carbocycles. The van der Waals surface area contributed by atoms with Crippen molar-refractivity contribution < 1.29 is 0 Å². The average molecular weight is 251 g/mol. The molecule has 0 saturated heterocycles. The van der Waals surface area contributed by atoms with Gasteiger partial charge in [-0.3, -0.25) is 4.98 Å². The van der Waals surface area contributed by atoms with Crippen LogP contribution < -0.4 is 5.32 Å². The van der Waals surface area contributed by atoms with Gasteiger partial charge in [-0.1, -0.05) is 18.2 Å². The molecule has 0 amide bonds. The quantitative estimate of drug-likeness (QED) is 0.743. The molecule has 2 aromatic heterocycles.